The molecule has 1 aromatic heterocycles. The Kier molecular flexibility index (Phi) is 6.26. The van der Waals surface area contributed by atoms with Gasteiger partial charge in [0.05, 0.1) is 12.1 Å². The van der Waals surface area contributed by atoms with E-state index >= 15 is 4.39 Å². The fourth-order valence-corrected chi connectivity index (χ4v) is 5.70. The number of nitrogens with one attached hydrogen (secondary N) is 1. The zero-order chi connectivity index (χ0) is 26.4. The molecule has 2 aromatic rings. The smallest absolute Gasteiger partial charge is 0.278 e. The molecule has 5 heterocycles. The molecule has 38 heavy (non-hydrogen) atoms. The molecule has 0 radical (unpaired) electrons. The second kappa shape index (κ2) is 9.75. The van der Waals surface area contributed by atoms with Crippen LogP contribution in [0, 0.1) is 5.82 Å². The number of amides is 4. The molecule has 12 heteroatoms. The van der Waals surface area contributed by atoms with E-state index in [-0.39, 0.29) is 54.1 Å². The van der Waals surface area contributed by atoms with Crippen LogP contribution in [0.4, 0.5) is 4.39 Å². The van der Waals surface area contributed by atoms with E-state index in [1.54, 1.807) is 23.1 Å². The van der Waals surface area contributed by atoms with Crippen LogP contribution in [-0.4, -0.2) is 69.4 Å². The quantitative estimate of drug-likeness (QED) is 0.582. The number of rotatable bonds is 5. The second-order valence-corrected chi connectivity index (χ2v) is 9.91. The number of piperidine rings is 1. The highest BCUT2D eigenvalue weighted by Gasteiger charge is 2.48. The number of ether oxygens (including phenoxy) is 1. The fourth-order valence-electron chi connectivity index (χ4n) is 5.70. The highest BCUT2D eigenvalue weighted by Crippen LogP contribution is 2.36. The Morgan fingerprint density at radius 2 is 1.87 bits per heavy atom. The van der Waals surface area contributed by atoms with Crippen LogP contribution in [-0.2, 0) is 30.5 Å². The summed E-state index contributed by atoms with van der Waals surface area (Å²) in [7, 11) is 0. The van der Waals surface area contributed by atoms with Gasteiger partial charge < -0.3 is 14.2 Å². The van der Waals surface area contributed by atoms with Gasteiger partial charge in [0, 0.05) is 31.8 Å². The van der Waals surface area contributed by atoms with Gasteiger partial charge in [0.2, 0.25) is 23.5 Å². The van der Waals surface area contributed by atoms with E-state index in [1.165, 1.54) is 0 Å². The Morgan fingerprint density at radius 3 is 2.66 bits per heavy atom. The molecule has 1 N–H and O–H groups in total. The van der Waals surface area contributed by atoms with E-state index in [9.17, 15) is 19.2 Å². The summed E-state index contributed by atoms with van der Waals surface area (Å²) < 4.78 is 26.3. The van der Waals surface area contributed by atoms with Gasteiger partial charge in [-0.05, 0) is 49.7 Å². The molecule has 4 aliphatic heterocycles. The third kappa shape index (κ3) is 4.18. The van der Waals surface area contributed by atoms with Crippen LogP contribution >= 0.6 is 0 Å². The number of carbonyl (C=O) groups is 4. The topological polar surface area (TPSA) is 135 Å². The number of imide groups is 2. The summed E-state index contributed by atoms with van der Waals surface area (Å²) in [5.41, 5.74) is 1.38. The van der Waals surface area contributed by atoms with Crippen LogP contribution in [0.25, 0.3) is 11.4 Å². The lowest BCUT2D eigenvalue weighted by Gasteiger charge is -2.29. The zero-order valence-corrected chi connectivity index (χ0v) is 20.6. The van der Waals surface area contributed by atoms with Crippen molar-refractivity contribution >= 4 is 23.6 Å². The molecule has 1 unspecified atom stereocenters. The van der Waals surface area contributed by atoms with Crippen molar-refractivity contribution in [3.8, 4) is 11.4 Å². The van der Waals surface area contributed by atoms with Crippen LogP contribution in [0.15, 0.2) is 34.0 Å². The third-order valence-electron chi connectivity index (χ3n) is 7.60. The molecule has 4 amide bonds. The summed E-state index contributed by atoms with van der Waals surface area (Å²) >= 11 is 0. The molecule has 2 fully saturated rings. The average molecular weight is 524 g/mol. The summed E-state index contributed by atoms with van der Waals surface area (Å²) in [6, 6.07) is 4.12. The van der Waals surface area contributed by atoms with Gasteiger partial charge in [0.15, 0.2) is 0 Å². The first-order valence-electron chi connectivity index (χ1n) is 12.8. The van der Waals surface area contributed by atoms with Crippen LogP contribution in [0.1, 0.15) is 55.9 Å². The van der Waals surface area contributed by atoms with E-state index < -0.39 is 29.7 Å². The predicted molar refractivity (Wildman–Crippen MR) is 127 cm³/mol. The van der Waals surface area contributed by atoms with Crippen LogP contribution < -0.4 is 5.32 Å². The van der Waals surface area contributed by atoms with Crippen molar-refractivity contribution in [2.75, 3.05) is 19.8 Å². The largest absolute Gasteiger partial charge is 0.381 e. The maximum Gasteiger partial charge on any atom is 0.278 e. The minimum absolute atomic E-state index is 0.0509. The molecule has 0 spiro atoms. The summed E-state index contributed by atoms with van der Waals surface area (Å²) in [6.45, 7) is 1.70. The average Bonchev–Trinajstić information content (AvgIpc) is 3.48. The van der Waals surface area contributed by atoms with Crippen LogP contribution in [0.5, 0.6) is 0 Å². The van der Waals surface area contributed by atoms with Crippen molar-refractivity contribution in [3.63, 3.8) is 0 Å². The molecular weight excluding hydrogens is 497 g/mol. The Morgan fingerprint density at radius 1 is 1.05 bits per heavy atom. The van der Waals surface area contributed by atoms with E-state index in [0.29, 0.717) is 43.7 Å². The van der Waals surface area contributed by atoms with Gasteiger partial charge in [-0.2, -0.15) is 4.98 Å². The first-order chi connectivity index (χ1) is 18.4. The maximum absolute atomic E-state index is 15.4. The predicted octanol–water partition coefficient (Wildman–Crippen LogP) is 1.79. The van der Waals surface area contributed by atoms with E-state index in [4.69, 9.17) is 9.26 Å². The van der Waals surface area contributed by atoms with E-state index in [2.05, 4.69) is 15.5 Å². The van der Waals surface area contributed by atoms with Crippen molar-refractivity contribution in [1.82, 2.24) is 25.3 Å². The van der Waals surface area contributed by atoms with Gasteiger partial charge in [-0.15, -0.1) is 0 Å². The van der Waals surface area contributed by atoms with E-state index in [1.807, 2.05) is 0 Å². The lowest BCUT2D eigenvalue weighted by Crippen LogP contribution is -2.55. The molecule has 0 aliphatic carbocycles. The lowest BCUT2D eigenvalue weighted by atomic mass is 9.90. The molecule has 1 aromatic carbocycles. The highest BCUT2D eigenvalue weighted by atomic mass is 19.1. The third-order valence-corrected chi connectivity index (χ3v) is 7.60. The fraction of sp³-hybridized carbons (Fsp3) is 0.462. The van der Waals surface area contributed by atoms with E-state index in [0.717, 1.165) is 17.7 Å². The van der Waals surface area contributed by atoms with Gasteiger partial charge >= 0.3 is 0 Å². The molecular formula is C26H26FN5O6. The zero-order valence-electron chi connectivity index (χ0n) is 20.6. The minimum atomic E-state index is -1.03. The highest BCUT2D eigenvalue weighted by molar-refractivity contribution is 6.21. The van der Waals surface area contributed by atoms with Crippen LogP contribution in [0.2, 0.25) is 0 Å². The molecule has 4 aliphatic rings. The molecule has 198 valence electrons. The van der Waals surface area contributed by atoms with Gasteiger partial charge in [-0.3, -0.25) is 29.4 Å². The number of nitrogens with zero attached hydrogens (tertiary/aromatic N) is 4. The SMILES string of the molecule is O=C1CCC(N2C(=O)C3=C(C2=O)N(Cc2nc(-c4cccc(C5CCOCC5)c4F)no2)CCC3)C(=O)N1. The number of carbonyl (C=O) groups excluding carboxylic acids is 4. The summed E-state index contributed by atoms with van der Waals surface area (Å²) in [4.78, 5) is 57.4. The van der Waals surface area contributed by atoms with Crippen LogP contribution in [0.3, 0.4) is 0 Å². The number of hydrogen-bond acceptors (Lipinski definition) is 9. The van der Waals surface area contributed by atoms with Crippen molar-refractivity contribution in [3.05, 3.63) is 46.7 Å². The molecule has 11 nitrogen and oxygen atoms in total. The number of benzene rings is 1. The van der Waals surface area contributed by atoms with Crippen molar-refractivity contribution in [2.45, 2.75) is 57.0 Å². The first kappa shape index (κ1) is 24.4. The second-order valence-electron chi connectivity index (χ2n) is 9.91. The Balaban J connectivity index is 1.22. The number of aromatic nitrogens is 2. The number of hydrogen-bond donors (Lipinski definition) is 1. The van der Waals surface area contributed by atoms with Gasteiger partial charge in [-0.1, -0.05) is 17.3 Å². The maximum atomic E-state index is 15.4. The molecule has 2 saturated heterocycles. The molecule has 6 rings (SSSR count). The Hall–Kier alpha value is -3.93. The van der Waals surface area contributed by atoms with Crippen molar-refractivity contribution < 1.29 is 32.8 Å². The number of halogens is 1. The lowest BCUT2D eigenvalue weighted by molar-refractivity contribution is -0.150. The summed E-state index contributed by atoms with van der Waals surface area (Å²) in [5.74, 6) is -2.21. The molecule has 0 bridgehead atoms. The Labute approximate surface area is 217 Å². The monoisotopic (exact) mass is 523 g/mol. The summed E-state index contributed by atoms with van der Waals surface area (Å²) in [5, 5.41) is 6.18. The van der Waals surface area contributed by atoms with Crippen molar-refractivity contribution in [1.29, 1.82) is 0 Å². The normalized spacial score (nSPS) is 22.8. The molecule has 1 atom stereocenters. The molecule has 0 saturated carbocycles. The Bertz CT molecular complexity index is 1360. The summed E-state index contributed by atoms with van der Waals surface area (Å²) in [6.07, 6.45) is 2.65. The van der Waals surface area contributed by atoms with Gasteiger partial charge in [-0.25, -0.2) is 4.39 Å². The standard InChI is InChI=1S/C26H26FN5O6/c27-21-15(14-8-11-37-12-9-14)3-1-4-16(21)23-29-20(38-30-23)13-31-10-2-5-17-22(31)26(36)32(25(17)35)18-6-7-19(33)28-24(18)34/h1,3-4,14,18H,2,5-13H2,(H,28,33,34). The first-order valence-corrected chi connectivity index (χ1v) is 12.8. The van der Waals surface area contributed by atoms with Gasteiger partial charge in [0.25, 0.3) is 11.8 Å². The minimum Gasteiger partial charge on any atom is -0.381 e. The van der Waals surface area contributed by atoms with Gasteiger partial charge in [0.1, 0.15) is 17.6 Å². The van der Waals surface area contributed by atoms with Crippen molar-refractivity contribution in [2.24, 2.45) is 0 Å².